The van der Waals surface area contributed by atoms with Gasteiger partial charge in [0.1, 0.15) is 6.10 Å². The van der Waals surface area contributed by atoms with Gasteiger partial charge in [-0.3, -0.25) is 4.99 Å². The molecule has 0 saturated carbocycles. The lowest BCUT2D eigenvalue weighted by atomic mass is 9.89. The van der Waals surface area contributed by atoms with Crippen LogP contribution in [0.5, 0.6) is 0 Å². The van der Waals surface area contributed by atoms with E-state index in [1.54, 1.807) is 0 Å². The van der Waals surface area contributed by atoms with Gasteiger partial charge in [-0.25, -0.2) is 0 Å². The first-order chi connectivity index (χ1) is 7.07. The van der Waals surface area contributed by atoms with E-state index < -0.39 is 0 Å². The molecular weight excluding hydrogens is 188 g/mol. The first-order valence-electron chi connectivity index (χ1n) is 5.99. The average molecular weight is 210 g/mol. The van der Waals surface area contributed by atoms with Crippen LogP contribution in [0.25, 0.3) is 0 Å². The lowest BCUT2D eigenvalue weighted by molar-refractivity contribution is 0.0945. The highest BCUT2D eigenvalue weighted by Crippen LogP contribution is 2.28. The molecule has 3 heteroatoms. The largest absolute Gasteiger partial charge is 0.475 e. The minimum atomic E-state index is 0.202. The molecular formula is C12H22N2O. The van der Waals surface area contributed by atoms with Crippen molar-refractivity contribution < 1.29 is 4.74 Å². The van der Waals surface area contributed by atoms with E-state index in [4.69, 9.17) is 4.74 Å². The van der Waals surface area contributed by atoms with Crippen molar-refractivity contribution in [3.05, 3.63) is 0 Å². The fraction of sp³-hybridized carbons (Fsp3) is 0.917. The number of ether oxygens (including phenoxy) is 1. The van der Waals surface area contributed by atoms with Crippen molar-refractivity contribution in [1.29, 1.82) is 0 Å². The highest BCUT2D eigenvalue weighted by atomic mass is 16.5. The van der Waals surface area contributed by atoms with Crippen LogP contribution in [-0.4, -0.2) is 31.6 Å². The van der Waals surface area contributed by atoms with E-state index in [-0.39, 0.29) is 11.5 Å². The lowest BCUT2D eigenvalue weighted by Gasteiger charge is -2.28. The van der Waals surface area contributed by atoms with Gasteiger partial charge in [0.25, 0.3) is 0 Å². The van der Waals surface area contributed by atoms with E-state index in [0.29, 0.717) is 5.92 Å². The van der Waals surface area contributed by atoms with E-state index in [1.165, 1.54) is 12.8 Å². The molecule has 0 spiro atoms. The smallest absolute Gasteiger partial charge is 0.188 e. The highest BCUT2D eigenvalue weighted by molar-refractivity contribution is 5.80. The minimum Gasteiger partial charge on any atom is -0.475 e. The summed E-state index contributed by atoms with van der Waals surface area (Å²) in [6.45, 7) is 9.68. The third-order valence-corrected chi connectivity index (χ3v) is 3.29. The molecule has 2 atom stereocenters. The normalized spacial score (nSPS) is 32.3. The van der Waals surface area contributed by atoms with Gasteiger partial charge in [-0.1, -0.05) is 20.8 Å². The van der Waals surface area contributed by atoms with Crippen molar-refractivity contribution in [2.75, 3.05) is 19.6 Å². The van der Waals surface area contributed by atoms with E-state index in [0.717, 1.165) is 25.5 Å². The summed E-state index contributed by atoms with van der Waals surface area (Å²) in [6, 6.07) is 0. The van der Waals surface area contributed by atoms with Crippen LogP contribution in [0, 0.1) is 11.3 Å². The summed E-state index contributed by atoms with van der Waals surface area (Å²) in [6.07, 6.45) is 2.74. The molecule has 0 amide bonds. The number of hydrogen-bond donors (Lipinski definition) is 1. The second-order valence-electron chi connectivity index (χ2n) is 5.69. The molecule has 0 aromatic carbocycles. The van der Waals surface area contributed by atoms with Crippen LogP contribution in [0.15, 0.2) is 4.99 Å². The molecule has 1 N–H and O–H groups in total. The van der Waals surface area contributed by atoms with Gasteiger partial charge in [-0.2, -0.15) is 0 Å². The second-order valence-corrected chi connectivity index (χ2v) is 5.69. The van der Waals surface area contributed by atoms with Crippen molar-refractivity contribution in [1.82, 2.24) is 5.32 Å². The molecule has 0 radical (unpaired) electrons. The molecule has 2 rings (SSSR count). The van der Waals surface area contributed by atoms with Crippen LogP contribution in [-0.2, 0) is 4.74 Å². The Morgan fingerprint density at radius 1 is 1.40 bits per heavy atom. The molecule has 2 aliphatic rings. The molecule has 3 nitrogen and oxygen atoms in total. The Hall–Kier alpha value is -0.570. The van der Waals surface area contributed by atoms with Crippen molar-refractivity contribution >= 4 is 5.90 Å². The van der Waals surface area contributed by atoms with Gasteiger partial charge in [-0.05, 0) is 19.4 Å². The maximum atomic E-state index is 5.98. The van der Waals surface area contributed by atoms with Gasteiger partial charge in [0.15, 0.2) is 5.90 Å². The van der Waals surface area contributed by atoms with Gasteiger partial charge in [-0.15, -0.1) is 0 Å². The minimum absolute atomic E-state index is 0.202. The Balaban J connectivity index is 1.91. The fourth-order valence-corrected chi connectivity index (χ4v) is 2.13. The molecule has 1 saturated heterocycles. The van der Waals surface area contributed by atoms with Crippen LogP contribution in [0.3, 0.4) is 0 Å². The summed E-state index contributed by atoms with van der Waals surface area (Å²) in [5.74, 6) is 1.52. The third-order valence-electron chi connectivity index (χ3n) is 3.29. The SMILES string of the molecule is CC(C)(C)C1CN=C(C2CCCNC2)O1. The Morgan fingerprint density at radius 3 is 2.73 bits per heavy atom. The zero-order valence-corrected chi connectivity index (χ0v) is 10.0. The van der Waals surface area contributed by atoms with E-state index in [1.807, 2.05) is 0 Å². The van der Waals surface area contributed by atoms with E-state index in [2.05, 4.69) is 31.1 Å². The predicted octanol–water partition coefficient (Wildman–Crippen LogP) is 1.83. The molecule has 86 valence electrons. The molecule has 2 heterocycles. The topological polar surface area (TPSA) is 33.6 Å². The van der Waals surface area contributed by atoms with Crippen molar-refractivity contribution in [2.45, 2.75) is 39.7 Å². The standard InChI is InChI=1S/C12H22N2O/c1-12(2,3)10-8-14-11(15-10)9-5-4-6-13-7-9/h9-10,13H,4-8H2,1-3H3. The number of hydrogen-bond acceptors (Lipinski definition) is 3. The Labute approximate surface area is 92.3 Å². The summed E-state index contributed by atoms with van der Waals surface area (Å²) in [7, 11) is 0. The number of nitrogens with one attached hydrogen (secondary N) is 1. The Bertz CT molecular complexity index is 249. The lowest BCUT2D eigenvalue weighted by Crippen LogP contribution is -2.36. The molecule has 15 heavy (non-hydrogen) atoms. The van der Waals surface area contributed by atoms with Gasteiger partial charge in [0.05, 0.1) is 6.54 Å². The van der Waals surface area contributed by atoms with Gasteiger partial charge in [0.2, 0.25) is 0 Å². The van der Waals surface area contributed by atoms with Crippen molar-refractivity contribution in [3.63, 3.8) is 0 Å². The number of rotatable bonds is 1. The van der Waals surface area contributed by atoms with Gasteiger partial charge < -0.3 is 10.1 Å². The first kappa shape index (κ1) is 10.9. The summed E-state index contributed by atoms with van der Waals surface area (Å²) < 4.78 is 5.98. The van der Waals surface area contributed by atoms with E-state index >= 15 is 0 Å². The summed E-state index contributed by atoms with van der Waals surface area (Å²) in [5.41, 5.74) is 0.202. The second kappa shape index (κ2) is 4.12. The van der Waals surface area contributed by atoms with Crippen LogP contribution >= 0.6 is 0 Å². The summed E-state index contributed by atoms with van der Waals surface area (Å²) >= 11 is 0. The molecule has 0 aromatic heterocycles. The molecule has 0 aliphatic carbocycles. The third kappa shape index (κ3) is 2.51. The molecule has 2 unspecified atom stereocenters. The Morgan fingerprint density at radius 2 is 2.20 bits per heavy atom. The van der Waals surface area contributed by atoms with E-state index in [9.17, 15) is 0 Å². The molecule has 0 aromatic rings. The summed E-state index contributed by atoms with van der Waals surface area (Å²) in [4.78, 5) is 4.56. The zero-order chi connectivity index (χ0) is 10.9. The quantitative estimate of drug-likeness (QED) is 0.716. The van der Waals surface area contributed by atoms with Crippen molar-refractivity contribution in [2.24, 2.45) is 16.3 Å². The Kier molecular flexibility index (Phi) is 3.01. The predicted molar refractivity (Wildman–Crippen MR) is 62.2 cm³/mol. The van der Waals surface area contributed by atoms with Crippen LogP contribution < -0.4 is 5.32 Å². The maximum Gasteiger partial charge on any atom is 0.188 e. The maximum absolute atomic E-state index is 5.98. The molecule has 1 fully saturated rings. The van der Waals surface area contributed by atoms with Gasteiger partial charge in [0, 0.05) is 17.9 Å². The summed E-state index contributed by atoms with van der Waals surface area (Å²) in [5, 5.41) is 3.40. The number of piperidine rings is 1. The first-order valence-corrected chi connectivity index (χ1v) is 5.99. The van der Waals surface area contributed by atoms with Crippen LogP contribution in [0.4, 0.5) is 0 Å². The average Bonchev–Trinajstić information content (AvgIpc) is 2.67. The number of nitrogens with zero attached hydrogens (tertiary/aromatic N) is 1. The monoisotopic (exact) mass is 210 g/mol. The van der Waals surface area contributed by atoms with Crippen LogP contribution in [0.1, 0.15) is 33.6 Å². The van der Waals surface area contributed by atoms with Crippen LogP contribution in [0.2, 0.25) is 0 Å². The molecule has 2 aliphatic heterocycles. The zero-order valence-electron chi connectivity index (χ0n) is 10.0. The number of aliphatic imine (C=N–C) groups is 1. The molecule has 0 bridgehead atoms. The van der Waals surface area contributed by atoms with Crippen molar-refractivity contribution in [3.8, 4) is 0 Å². The van der Waals surface area contributed by atoms with Gasteiger partial charge >= 0.3 is 0 Å². The highest BCUT2D eigenvalue weighted by Gasteiger charge is 2.34. The fourth-order valence-electron chi connectivity index (χ4n) is 2.13.